The van der Waals surface area contributed by atoms with E-state index in [1.807, 2.05) is 31.2 Å². The highest BCUT2D eigenvalue weighted by Crippen LogP contribution is 2.37. The average Bonchev–Trinajstić information content (AvgIpc) is 2.67. The van der Waals surface area contributed by atoms with Crippen LogP contribution in [0.1, 0.15) is 43.5 Å². The molecule has 2 rings (SSSR count). The molecule has 0 bridgehead atoms. The summed E-state index contributed by atoms with van der Waals surface area (Å²) in [5.74, 6) is -0.652. The molecule has 2 aromatic rings. The van der Waals surface area contributed by atoms with Gasteiger partial charge < -0.3 is 5.32 Å². The van der Waals surface area contributed by atoms with E-state index in [9.17, 15) is 26.4 Å². The number of rotatable bonds is 7. The summed E-state index contributed by atoms with van der Waals surface area (Å²) in [6.07, 6.45) is -3.09. The van der Waals surface area contributed by atoms with Gasteiger partial charge in [-0.05, 0) is 49.6 Å². The molecule has 10 heteroatoms. The third-order valence-corrected chi connectivity index (χ3v) is 6.42. The van der Waals surface area contributed by atoms with Crippen LogP contribution in [-0.4, -0.2) is 26.6 Å². The van der Waals surface area contributed by atoms with Crippen LogP contribution in [-0.2, 0) is 27.4 Å². The molecule has 0 spiro atoms. The summed E-state index contributed by atoms with van der Waals surface area (Å²) in [4.78, 5) is 12.8. The predicted molar refractivity (Wildman–Crippen MR) is 116 cm³/mol. The number of amides is 1. The monoisotopic (exact) mass is 476 g/mol. The van der Waals surface area contributed by atoms with Crippen molar-refractivity contribution in [2.45, 2.75) is 45.5 Å². The van der Waals surface area contributed by atoms with Crippen molar-refractivity contribution in [3.05, 3.63) is 64.2 Å². The van der Waals surface area contributed by atoms with Crippen LogP contribution in [0, 0.1) is 0 Å². The number of halogens is 4. The summed E-state index contributed by atoms with van der Waals surface area (Å²) >= 11 is 5.63. The first-order valence-corrected chi connectivity index (χ1v) is 11.7. The lowest BCUT2D eigenvalue weighted by molar-refractivity contribution is -0.137. The van der Waals surface area contributed by atoms with E-state index in [1.165, 1.54) is 6.92 Å². The van der Waals surface area contributed by atoms with Gasteiger partial charge in [0.15, 0.2) is 0 Å². The van der Waals surface area contributed by atoms with Gasteiger partial charge in [0.05, 0.1) is 28.6 Å². The van der Waals surface area contributed by atoms with Crippen LogP contribution in [0.4, 0.5) is 18.9 Å². The molecule has 0 heterocycles. The molecule has 0 aliphatic heterocycles. The third-order valence-electron chi connectivity index (χ3n) is 4.85. The van der Waals surface area contributed by atoms with Crippen LogP contribution in [0.15, 0.2) is 42.5 Å². The molecule has 0 aromatic heterocycles. The molecule has 0 saturated heterocycles. The van der Waals surface area contributed by atoms with Crippen molar-refractivity contribution < 1.29 is 26.4 Å². The number of anilines is 1. The Morgan fingerprint density at radius 2 is 1.71 bits per heavy atom. The number of alkyl halides is 3. The van der Waals surface area contributed by atoms with E-state index in [0.29, 0.717) is 10.4 Å². The van der Waals surface area contributed by atoms with Gasteiger partial charge >= 0.3 is 6.18 Å². The van der Waals surface area contributed by atoms with Crippen LogP contribution in [0.2, 0.25) is 5.02 Å². The van der Waals surface area contributed by atoms with Crippen LogP contribution in [0.5, 0.6) is 0 Å². The summed E-state index contributed by atoms with van der Waals surface area (Å²) in [6, 6.07) is 8.56. The Kier molecular flexibility index (Phi) is 7.65. The molecular formula is C21H24ClF3N2O3S. The van der Waals surface area contributed by atoms with Gasteiger partial charge in [0.1, 0.15) is 6.04 Å². The number of carbonyl (C=O) groups excluding carboxylic acids is 1. The largest absolute Gasteiger partial charge is 0.417 e. The van der Waals surface area contributed by atoms with Gasteiger partial charge in [-0.15, -0.1) is 0 Å². The maximum Gasteiger partial charge on any atom is 0.417 e. The molecule has 1 amide bonds. The van der Waals surface area contributed by atoms with Crippen LogP contribution >= 0.6 is 11.6 Å². The zero-order valence-corrected chi connectivity index (χ0v) is 19.1. The van der Waals surface area contributed by atoms with Gasteiger partial charge in [0, 0.05) is 0 Å². The van der Waals surface area contributed by atoms with Crippen molar-refractivity contribution in [1.29, 1.82) is 0 Å². The molecule has 0 aliphatic carbocycles. The molecule has 0 fully saturated rings. The van der Waals surface area contributed by atoms with E-state index >= 15 is 0 Å². The van der Waals surface area contributed by atoms with Gasteiger partial charge in [-0.25, -0.2) is 8.42 Å². The van der Waals surface area contributed by atoms with E-state index < -0.39 is 44.8 Å². The molecular weight excluding hydrogens is 453 g/mol. The fourth-order valence-corrected chi connectivity index (χ4v) is 4.53. The quantitative estimate of drug-likeness (QED) is 0.614. The van der Waals surface area contributed by atoms with Crippen molar-refractivity contribution in [2.24, 2.45) is 0 Å². The molecule has 2 unspecified atom stereocenters. The SMILES string of the molecule is CCc1ccc(C(C)NC(=O)C(C)N(c2ccc(Cl)c(C(F)(F)F)c2)S(C)(=O)=O)cc1. The van der Waals surface area contributed by atoms with Crippen LogP contribution in [0.3, 0.4) is 0 Å². The number of hydrogen-bond donors (Lipinski definition) is 1. The summed E-state index contributed by atoms with van der Waals surface area (Å²) in [5, 5.41) is 2.15. The summed E-state index contributed by atoms with van der Waals surface area (Å²) in [6.45, 7) is 5.06. The topological polar surface area (TPSA) is 66.5 Å². The molecule has 31 heavy (non-hydrogen) atoms. The highest BCUT2D eigenvalue weighted by Gasteiger charge is 2.36. The summed E-state index contributed by atoms with van der Waals surface area (Å²) < 4.78 is 65.1. The van der Waals surface area contributed by atoms with Crippen molar-refractivity contribution in [2.75, 3.05) is 10.6 Å². The lowest BCUT2D eigenvalue weighted by atomic mass is 10.0. The van der Waals surface area contributed by atoms with Gasteiger partial charge in [0.2, 0.25) is 15.9 Å². The predicted octanol–water partition coefficient (Wildman–Crippen LogP) is 4.95. The minimum Gasteiger partial charge on any atom is -0.348 e. The lowest BCUT2D eigenvalue weighted by Crippen LogP contribution is -2.48. The highest BCUT2D eigenvalue weighted by atomic mass is 35.5. The van der Waals surface area contributed by atoms with E-state index in [0.717, 1.165) is 35.9 Å². The average molecular weight is 477 g/mol. The number of nitrogens with zero attached hydrogens (tertiary/aromatic N) is 1. The number of aryl methyl sites for hydroxylation is 1. The smallest absolute Gasteiger partial charge is 0.348 e. The Labute approximate surface area is 185 Å². The fourth-order valence-electron chi connectivity index (χ4n) is 3.14. The second-order valence-electron chi connectivity index (χ2n) is 7.22. The van der Waals surface area contributed by atoms with E-state index in [2.05, 4.69) is 5.32 Å². The number of carbonyl (C=O) groups is 1. The summed E-state index contributed by atoms with van der Waals surface area (Å²) in [5.41, 5.74) is 0.454. The van der Waals surface area contributed by atoms with Crippen molar-refractivity contribution in [3.63, 3.8) is 0 Å². The third kappa shape index (κ3) is 6.13. The lowest BCUT2D eigenvalue weighted by Gasteiger charge is -2.30. The Hall–Kier alpha value is -2.26. The number of sulfonamides is 1. The molecule has 170 valence electrons. The number of hydrogen-bond acceptors (Lipinski definition) is 3. The van der Waals surface area contributed by atoms with Crippen LogP contribution in [0.25, 0.3) is 0 Å². The zero-order valence-electron chi connectivity index (χ0n) is 17.5. The van der Waals surface area contributed by atoms with Gasteiger partial charge in [-0.2, -0.15) is 13.2 Å². The van der Waals surface area contributed by atoms with E-state index in [4.69, 9.17) is 11.6 Å². The minimum atomic E-state index is -4.78. The van der Waals surface area contributed by atoms with Crippen molar-refractivity contribution in [1.82, 2.24) is 5.32 Å². The van der Waals surface area contributed by atoms with Crippen LogP contribution < -0.4 is 9.62 Å². The number of nitrogens with one attached hydrogen (secondary N) is 1. The molecule has 2 atom stereocenters. The highest BCUT2D eigenvalue weighted by molar-refractivity contribution is 7.92. The normalized spacial score (nSPS) is 14.1. The Morgan fingerprint density at radius 1 is 1.13 bits per heavy atom. The Morgan fingerprint density at radius 3 is 2.19 bits per heavy atom. The van der Waals surface area contributed by atoms with Gasteiger partial charge in [0.25, 0.3) is 0 Å². The van der Waals surface area contributed by atoms with Crippen molar-refractivity contribution >= 4 is 33.2 Å². The standard InChI is InChI=1S/C21H24ClF3N2O3S/c1-5-15-6-8-16(9-7-15)13(2)26-20(28)14(3)27(31(4,29)30)17-10-11-19(22)18(12-17)21(23,24)25/h6-14H,5H2,1-4H3,(H,26,28). The molecule has 2 aromatic carbocycles. The molecule has 0 aliphatic rings. The van der Waals surface area contributed by atoms with Gasteiger partial charge in [-0.1, -0.05) is 42.8 Å². The first-order valence-electron chi connectivity index (χ1n) is 9.51. The number of benzene rings is 2. The summed E-state index contributed by atoms with van der Waals surface area (Å²) in [7, 11) is -4.08. The molecule has 1 N–H and O–H groups in total. The maximum atomic E-state index is 13.2. The molecule has 5 nitrogen and oxygen atoms in total. The minimum absolute atomic E-state index is 0.304. The maximum absolute atomic E-state index is 13.2. The Balaban J connectivity index is 2.33. The van der Waals surface area contributed by atoms with Crippen molar-refractivity contribution in [3.8, 4) is 0 Å². The zero-order chi connectivity index (χ0) is 23.6. The molecule has 0 radical (unpaired) electrons. The fraction of sp³-hybridized carbons (Fsp3) is 0.381. The first kappa shape index (κ1) is 25.0. The Bertz CT molecular complexity index is 1040. The van der Waals surface area contributed by atoms with E-state index in [-0.39, 0.29) is 5.69 Å². The second kappa shape index (κ2) is 9.48. The van der Waals surface area contributed by atoms with E-state index in [1.54, 1.807) is 6.92 Å². The molecule has 0 saturated carbocycles. The second-order valence-corrected chi connectivity index (χ2v) is 9.49. The first-order chi connectivity index (χ1) is 14.3. The van der Waals surface area contributed by atoms with Gasteiger partial charge in [-0.3, -0.25) is 9.10 Å².